The van der Waals surface area contributed by atoms with E-state index >= 15 is 0 Å². The summed E-state index contributed by atoms with van der Waals surface area (Å²) in [6.45, 7) is 2.92. The van der Waals surface area contributed by atoms with Crippen molar-refractivity contribution in [3.8, 4) is 5.75 Å². The van der Waals surface area contributed by atoms with E-state index in [0.29, 0.717) is 38.4 Å². The molecule has 1 aromatic heterocycles. The molecular weight excluding hydrogens is 399 g/mol. The number of hydrogen-bond donors (Lipinski definition) is 2. The van der Waals surface area contributed by atoms with Gasteiger partial charge in [0, 0.05) is 30.2 Å². The third kappa shape index (κ3) is 4.92. The van der Waals surface area contributed by atoms with Crippen LogP contribution in [-0.2, 0) is 17.5 Å². The van der Waals surface area contributed by atoms with Gasteiger partial charge in [0.05, 0.1) is 30.7 Å². The number of rotatable bonds is 4. The fourth-order valence-corrected chi connectivity index (χ4v) is 3.02. The predicted molar refractivity (Wildman–Crippen MR) is 96.4 cm³/mol. The van der Waals surface area contributed by atoms with E-state index in [1.165, 1.54) is 6.07 Å². The summed E-state index contributed by atoms with van der Waals surface area (Å²) < 4.78 is 43.0. The molecule has 1 aliphatic rings. The van der Waals surface area contributed by atoms with Crippen molar-refractivity contribution in [2.24, 2.45) is 0 Å². The minimum atomic E-state index is -4.57. The largest absolute Gasteiger partial charge is 0.507 e. The quantitative estimate of drug-likeness (QED) is 0.799. The lowest BCUT2D eigenvalue weighted by Gasteiger charge is -2.27. The number of phenols is 1. The van der Waals surface area contributed by atoms with Crippen molar-refractivity contribution in [2.75, 3.05) is 31.6 Å². The Morgan fingerprint density at radius 3 is 2.61 bits per heavy atom. The van der Waals surface area contributed by atoms with Gasteiger partial charge < -0.3 is 15.2 Å². The highest BCUT2D eigenvalue weighted by molar-refractivity contribution is 6.31. The number of nitrogens with zero attached hydrogens (tertiary/aromatic N) is 2. The summed E-state index contributed by atoms with van der Waals surface area (Å²) in [5, 5.41) is 13.2. The molecule has 0 atom stereocenters. The van der Waals surface area contributed by atoms with Gasteiger partial charge in [-0.15, -0.1) is 0 Å². The van der Waals surface area contributed by atoms with Gasteiger partial charge in [-0.2, -0.15) is 13.2 Å². The number of amides is 1. The van der Waals surface area contributed by atoms with Crippen LogP contribution in [-0.4, -0.2) is 47.2 Å². The van der Waals surface area contributed by atoms with Crippen LogP contribution in [0.15, 0.2) is 30.5 Å². The number of nitrogens with one attached hydrogen (secondary N) is 1. The number of aromatic nitrogens is 1. The first-order chi connectivity index (χ1) is 13.2. The summed E-state index contributed by atoms with van der Waals surface area (Å²) in [6, 6.07) is 4.72. The number of morpholine rings is 1. The summed E-state index contributed by atoms with van der Waals surface area (Å²) >= 11 is 6.09. The summed E-state index contributed by atoms with van der Waals surface area (Å²) in [5.41, 5.74) is -0.600. The second-order valence-corrected chi connectivity index (χ2v) is 6.67. The molecule has 0 bridgehead atoms. The standard InChI is InChI=1S/C18H17ClF3N3O3/c19-12-7-11(10-25-3-5-28-6-4-25)16(26)14(8-12)17(27)24-13-1-2-15(23-9-13)18(20,21)22/h1-2,7-9,26H,3-6,10H2,(H,24,27). The Labute approximate surface area is 163 Å². The van der Waals surface area contributed by atoms with Gasteiger partial charge in [-0.05, 0) is 24.3 Å². The van der Waals surface area contributed by atoms with Gasteiger partial charge in [0.1, 0.15) is 11.4 Å². The van der Waals surface area contributed by atoms with Gasteiger partial charge in [0.15, 0.2) is 0 Å². The molecule has 1 aliphatic heterocycles. The van der Waals surface area contributed by atoms with Gasteiger partial charge in [0.25, 0.3) is 5.91 Å². The van der Waals surface area contributed by atoms with Gasteiger partial charge in [-0.25, -0.2) is 4.98 Å². The highest BCUT2D eigenvalue weighted by atomic mass is 35.5. The molecule has 0 aliphatic carbocycles. The molecule has 2 N–H and O–H groups in total. The Hall–Kier alpha value is -2.36. The highest BCUT2D eigenvalue weighted by Gasteiger charge is 2.32. The molecule has 150 valence electrons. The van der Waals surface area contributed by atoms with E-state index in [9.17, 15) is 23.1 Å². The zero-order valence-corrected chi connectivity index (χ0v) is 15.3. The number of halogens is 4. The number of aromatic hydroxyl groups is 1. The molecule has 0 spiro atoms. The second kappa shape index (κ2) is 8.34. The number of phenolic OH excluding ortho intramolecular Hbond substituents is 1. The van der Waals surface area contributed by atoms with Crippen molar-refractivity contribution in [1.29, 1.82) is 0 Å². The molecule has 3 rings (SSSR count). The molecule has 1 aromatic carbocycles. The molecule has 0 unspecified atom stereocenters. The molecule has 2 heterocycles. The van der Waals surface area contributed by atoms with E-state index in [2.05, 4.69) is 15.2 Å². The molecule has 28 heavy (non-hydrogen) atoms. The number of carbonyl (C=O) groups excluding carboxylic acids is 1. The van der Waals surface area contributed by atoms with Crippen LogP contribution in [0.25, 0.3) is 0 Å². The van der Waals surface area contributed by atoms with Crippen molar-refractivity contribution in [3.63, 3.8) is 0 Å². The zero-order chi connectivity index (χ0) is 20.3. The van der Waals surface area contributed by atoms with Crippen LogP contribution < -0.4 is 5.32 Å². The van der Waals surface area contributed by atoms with Gasteiger partial charge in [-0.3, -0.25) is 9.69 Å². The number of anilines is 1. The van der Waals surface area contributed by atoms with Crippen molar-refractivity contribution >= 4 is 23.2 Å². The molecule has 10 heteroatoms. The fraction of sp³-hybridized carbons (Fsp3) is 0.333. The number of carbonyl (C=O) groups is 1. The van der Waals surface area contributed by atoms with Crippen molar-refractivity contribution in [3.05, 3.63) is 52.3 Å². The second-order valence-electron chi connectivity index (χ2n) is 6.23. The van der Waals surface area contributed by atoms with Crippen LogP contribution in [0.1, 0.15) is 21.6 Å². The number of pyridine rings is 1. The fourth-order valence-electron chi connectivity index (χ4n) is 2.78. The van der Waals surface area contributed by atoms with Gasteiger partial charge in [-0.1, -0.05) is 11.6 Å². The minimum Gasteiger partial charge on any atom is -0.507 e. The van der Waals surface area contributed by atoms with Gasteiger partial charge in [0.2, 0.25) is 0 Å². The third-order valence-corrected chi connectivity index (χ3v) is 4.43. The van der Waals surface area contributed by atoms with E-state index in [1.54, 1.807) is 6.07 Å². The Bertz CT molecular complexity index is 854. The Morgan fingerprint density at radius 2 is 2.00 bits per heavy atom. The molecule has 6 nitrogen and oxygen atoms in total. The lowest BCUT2D eigenvalue weighted by Crippen LogP contribution is -2.35. The zero-order valence-electron chi connectivity index (χ0n) is 14.6. The Kier molecular flexibility index (Phi) is 6.07. The highest BCUT2D eigenvalue weighted by Crippen LogP contribution is 2.30. The van der Waals surface area contributed by atoms with Crippen molar-refractivity contribution in [1.82, 2.24) is 9.88 Å². The van der Waals surface area contributed by atoms with Crippen LogP contribution in [0, 0.1) is 0 Å². The van der Waals surface area contributed by atoms with Crippen molar-refractivity contribution in [2.45, 2.75) is 12.7 Å². The molecule has 1 amide bonds. The first-order valence-corrected chi connectivity index (χ1v) is 8.78. The van der Waals surface area contributed by atoms with Crippen LogP contribution in [0.5, 0.6) is 5.75 Å². The number of benzene rings is 1. The Balaban J connectivity index is 1.77. The van der Waals surface area contributed by atoms with Crippen LogP contribution in [0.2, 0.25) is 5.02 Å². The lowest BCUT2D eigenvalue weighted by atomic mass is 10.1. The average molecular weight is 416 g/mol. The number of hydrogen-bond acceptors (Lipinski definition) is 5. The van der Waals surface area contributed by atoms with E-state index in [0.717, 1.165) is 18.3 Å². The van der Waals surface area contributed by atoms with Crippen molar-refractivity contribution < 1.29 is 27.8 Å². The SMILES string of the molecule is O=C(Nc1ccc(C(F)(F)F)nc1)c1cc(Cl)cc(CN2CCOCC2)c1O. The van der Waals surface area contributed by atoms with Crippen LogP contribution in [0.4, 0.5) is 18.9 Å². The third-order valence-electron chi connectivity index (χ3n) is 4.21. The maximum atomic E-state index is 12.6. The number of ether oxygens (including phenoxy) is 1. The molecule has 2 aromatic rings. The minimum absolute atomic E-state index is 0.0621. The van der Waals surface area contributed by atoms with Gasteiger partial charge >= 0.3 is 6.18 Å². The predicted octanol–water partition coefficient (Wildman–Crippen LogP) is 3.54. The van der Waals surface area contributed by atoms with E-state index in [4.69, 9.17) is 16.3 Å². The van der Waals surface area contributed by atoms with Crippen LogP contribution in [0.3, 0.4) is 0 Å². The molecule has 1 fully saturated rings. The molecule has 1 saturated heterocycles. The summed E-state index contributed by atoms with van der Waals surface area (Å²) in [6.07, 6.45) is -3.67. The lowest BCUT2D eigenvalue weighted by molar-refractivity contribution is -0.141. The first kappa shape index (κ1) is 20.4. The maximum Gasteiger partial charge on any atom is 0.433 e. The molecular formula is C18H17ClF3N3O3. The number of alkyl halides is 3. The summed E-state index contributed by atoms with van der Waals surface area (Å²) in [4.78, 5) is 17.8. The molecule has 0 radical (unpaired) electrons. The van der Waals surface area contributed by atoms with Crippen LogP contribution >= 0.6 is 11.6 Å². The van der Waals surface area contributed by atoms with E-state index in [-0.39, 0.29) is 22.0 Å². The molecule has 0 saturated carbocycles. The topological polar surface area (TPSA) is 74.7 Å². The monoisotopic (exact) mass is 415 g/mol. The first-order valence-electron chi connectivity index (χ1n) is 8.40. The normalized spacial score (nSPS) is 15.4. The summed E-state index contributed by atoms with van der Waals surface area (Å²) in [5.74, 6) is -0.932. The smallest absolute Gasteiger partial charge is 0.433 e. The maximum absolute atomic E-state index is 12.6. The average Bonchev–Trinajstić information content (AvgIpc) is 2.65. The van der Waals surface area contributed by atoms with E-state index in [1.807, 2.05) is 0 Å². The summed E-state index contributed by atoms with van der Waals surface area (Å²) in [7, 11) is 0. The van der Waals surface area contributed by atoms with E-state index < -0.39 is 17.8 Å². The Morgan fingerprint density at radius 1 is 1.29 bits per heavy atom.